The lowest BCUT2D eigenvalue weighted by Gasteiger charge is -2.40. The highest BCUT2D eigenvalue weighted by Crippen LogP contribution is 2.28. The Bertz CT molecular complexity index is 1130. The van der Waals surface area contributed by atoms with Crippen LogP contribution in [0.3, 0.4) is 0 Å². The molecule has 1 fully saturated rings. The predicted molar refractivity (Wildman–Crippen MR) is 124 cm³/mol. The van der Waals surface area contributed by atoms with E-state index in [0.717, 1.165) is 5.82 Å². The molecule has 0 saturated carbocycles. The molecule has 3 aromatic rings. The summed E-state index contributed by atoms with van der Waals surface area (Å²) in [4.78, 5) is 25.6. The molecule has 0 unspecified atom stereocenters. The Kier molecular flexibility index (Phi) is 6.67. The number of nitrogens with zero attached hydrogens (tertiary/aromatic N) is 4. The molecule has 0 aliphatic carbocycles. The highest BCUT2D eigenvalue weighted by molar-refractivity contribution is 6.36. The number of amides is 1. The monoisotopic (exact) mass is 472 g/mol. The van der Waals surface area contributed by atoms with E-state index in [1.54, 1.807) is 37.4 Å². The molecular weight excluding hydrogens is 451 g/mol. The van der Waals surface area contributed by atoms with E-state index in [1.807, 2.05) is 30.0 Å². The minimum absolute atomic E-state index is 0.0410. The van der Waals surface area contributed by atoms with Crippen molar-refractivity contribution in [1.29, 1.82) is 0 Å². The second-order valence-electron chi connectivity index (χ2n) is 7.41. The number of anilines is 1. The Labute approximate surface area is 196 Å². The maximum absolute atomic E-state index is 13.0. The Morgan fingerprint density at radius 1 is 1.06 bits per heavy atom. The molecule has 0 N–H and O–H groups in total. The van der Waals surface area contributed by atoms with E-state index in [1.165, 1.54) is 6.33 Å². The first-order valence-electron chi connectivity index (χ1n) is 10.1. The summed E-state index contributed by atoms with van der Waals surface area (Å²) in [7, 11) is 1.61. The van der Waals surface area contributed by atoms with E-state index in [2.05, 4.69) is 14.9 Å². The topological polar surface area (TPSA) is 67.8 Å². The molecule has 0 spiro atoms. The quantitative estimate of drug-likeness (QED) is 0.523. The van der Waals surface area contributed by atoms with Gasteiger partial charge in [0.2, 0.25) is 5.88 Å². The van der Waals surface area contributed by atoms with Crippen molar-refractivity contribution in [2.75, 3.05) is 31.6 Å². The van der Waals surface area contributed by atoms with Crippen molar-refractivity contribution in [3.8, 4) is 17.4 Å². The number of hydrogen-bond acceptors (Lipinski definition) is 6. The minimum Gasteiger partial charge on any atom is -0.497 e. The van der Waals surface area contributed by atoms with Gasteiger partial charge in [-0.3, -0.25) is 4.79 Å². The zero-order valence-corrected chi connectivity index (χ0v) is 19.2. The first kappa shape index (κ1) is 22.2. The van der Waals surface area contributed by atoms with Gasteiger partial charge >= 0.3 is 0 Å². The number of halogens is 2. The SMILES string of the molecule is COc1cccc(Oc2cc(N3CCN(C(=O)c4ccc(Cl)cc4Cl)[C@@H](C)C3)ncn2)c1. The average Bonchev–Trinajstić information content (AvgIpc) is 2.79. The maximum Gasteiger partial charge on any atom is 0.255 e. The Balaban J connectivity index is 1.45. The molecule has 4 rings (SSSR count). The second kappa shape index (κ2) is 9.63. The third-order valence-corrected chi connectivity index (χ3v) is 5.81. The number of aromatic nitrogens is 2. The number of carbonyl (C=O) groups excluding carboxylic acids is 1. The Hall–Kier alpha value is -3.03. The number of hydrogen-bond donors (Lipinski definition) is 0. The van der Waals surface area contributed by atoms with Crippen molar-refractivity contribution in [3.05, 3.63) is 70.5 Å². The first-order valence-corrected chi connectivity index (χ1v) is 10.8. The van der Waals surface area contributed by atoms with Crippen LogP contribution in [-0.4, -0.2) is 53.6 Å². The van der Waals surface area contributed by atoms with Crippen LogP contribution in [0, 0.1) is 0 Å². The lowest BCUT2D eigenvalue weighted by molar-refractivity contribution is 0.0674. The van der Waals surface area contributed by atoms with Gasteiger partial charge in [-0.25, -0.2) is 9.97 Å². The maximum atomic E-state index is 13.0. The van der Waals surface area contributed by atoms with Crippen LogP contribution in [0.5, 0.6) is 17.4 Å². The normalized spacial score (nSPS) is 16.1. The van der Waals surface area contributed by atoms with Gasteiger partial charge in [0.15, 0.2) is 0 Å². The number of carbonyl (C=O) groups is 1. The number of rotatable bonds is 5. The van der Waals surface area contributed by atoms with Crippen LogP contribution in [0.4, 0.5) is 5.82 Å². The zero-order valence-electron chi connectivity index (χ0n) is 17.7. The van der Waals surface area contributed by atoms with Gasteiger partial charge in [0.1, 0.15) is 23.6 Å². The summed E-state index contributed by atoms with van der Waals surface area (Å²) in [6.07, 6.45) is 1.47. The van der Waals surface area contributed by atoms with Gasteiger partial charge in [-0.2, -0.15) is 0 Å². The second-order valence-corrected chi connectivity index (χ2v) is 8.26. The molecule has 1 amide bonds. The predicted octanol–water partition coefficient (Wildman–Crippen LogP) is 4.94. The molecule has 1 atom stereocenters. The van der Waals surface area contributed by atoms with Gasteiger partial charge in [0.25, 0.3) is 5.91 Å². The van der Waals surface area contributed by atoms with Crippen LogP contribution in [-0.2, 0) is 0 Å². The van der Waals surface area contributed by atoms with Crippen molar-refractivity contribution in [2.24, 2.45) is 0 Å². The molecule has 1 aromatic heterocycles. The third-order valence-electron chi connectivity index (χ3n) is 5.27. The van der Waals surface area contributed by atoms with E-state index < -0.39 is 0 Å². The summed E-state index contributed by atoms with van der Waals surface area (Å²) in [5, 5.41) is 0.854. The van der Waals surface area contributed by atoms with Crippen molar-refractivity contribution in [3.63, 3.8) is 0 Å². The number of methoxy groups -OCH3 is 1. The smallest absolute Gasteiger partial charge is 0.255 e. The first-order chi connectivity index (χ1) is 15.4. The molecule has 1 aliphatic heterocycles. The highest BCUT2D eigenvalue weighted by atomic mass is 35.5. The van der Waals surface area contributed by atoms with Crippen LogP contribution in [0.15, 0.2) is 54.9 Å². The molecule has 1 aliphatic rings. The molecule has 166 valence electrons. The summed E-state index contributed by atoms with van der Waals surface area (Å²) in [6, 6.07) is 14.0. The van der Waals surface area contributed by atoms with Gasteiger partial charge < -0.3 is 19.3 Å². The fourth-order valence-corrected chi connectivity index (χ4v) is 4.12. The number of piperazine rings is 1. The van der Waals surface area contributed by atoms with Crippen molar-refractivity contribution in [1.82, 2.24) is 14.9 Å². The highest BCUT2D eigenvalue weighted by Gasteiger charge is 2.30. The Morgan fingerprint density at radius 2 is 1.88 bits per heavy atom. The minimum atomic E-state index is -0.108. The summed E-state index contributed by atoms with van der Waals surface area (Å²) in [5.74, 6) is 2.39. The molecule has 1 saturated heterocycles. The standard InChI is InChI=1S/C23H22Cl2N4O3/c1-15-13-28(8-9-29(15)23(30)19-7-6-16(24)10-20(19)25)21-12-22(27-14-26-21)32-18-5-3-4-17(11-18)31-2/h3-7,10-12,14-15H,8-9,13H2,1-2H3/t15-/m0/s1. The number of benzene rings is 2. The molecule has 7 nitrogen and oxygen atoms in total. The summed E-state index contributed by atoms with van der Waals surface area (Å²) in [5.41, 5.74) is 0.451. The van der Waals surface area contributed by atoms with E-state index in [4.69, 9.17) is 32.7 Å². The van der Waals surface area contributed by atoms with Crippen LogP contribution >= 0.6 is 23.2 Å². The van der Waals surface area contributed by atoms with Gasteiger partial charge in [-0.15, -0.1) is 0 Å². The average molecular weight is 473 g/mol. The summed E-state index contributed by atoms with van der Waals surface area (Å²) < 4.78 is 11.1. The fraction of sp³-hybridized carbons (Fsp3) is 0.261. The van der Waals surface area contributed by atoms with E-state index in [9.17, 15) is 4.79 Å². The molecular formula is C23H22Cl2N4O3. The fourth-order valence-electron chi connectivity index (χ4n) is 3.63. The largest absolute Gasteiger partial charge is 0.497 e. The van der Waals surface area contributed by atoms with Crippen molar-refractivity contribution in [2.45, 2.75) is 13.0 Å². The molecule has 9 heteroatoms. The Morgan fingerprint density at radius 3 is 2.62 bits per heavy atom. The third kappa shape index (κ3) is 4.89. The molecule has 32 heavy (non-hydrogen) atoms. The summed E-state index contributed by atoms with van der Waals surface area (Å²) in [6.45, 7) is 3.78. The van der Waals surface area contributed by atoms with Crippen LogP contribution < -0.4 is 14.4 Å². The molecule has 2 heterocycles. The van der Waals surface area contributed by atoms with Crippen LogP contribution in [0.2, 0.25) is 10.0 Å². The van der Waals surface area contributed by atoms with Crippen molar-refractivity contribution < 1.29 is 14.3 Å². The lowest BCUT2D eigenvalue weighted by Crippen LogP contribution is -2.54. The summed E-state index contributed by atoms with van der Waals surface area (Å²) >= 11 is 12.2. The molecule has 0 bridgehead atoms. The van der Waals surface area contributed by atoms with Gasteiger partial charge in [0, 0.05) is 42.8 Å². The van der Waals surface area contributed by atoms with Gasteiger partial charge in [-0.05, 0) is 37.3 Å². The van der Waals surface area contributed by atoms with E-state index >= 15 is 0 Å². The van der Waals surface area contributed by atoms with E-state index in [0.29, 0.717) is 52.6 Å². The van der Waals surface area contributed by atoms with Crippen LogP contribution in [0.25, 0.3) is 0 Å². The van der Waals surface area contributed by atoms with E-state index in [-0.39, 0.29) is 11.9 Å². The van der Waals surface area contributed by atoms with Crippen molar-refractivity contribution >= 4 is 34.9 Å². The zero-order chi connectivity index (χ0) is 22.7. The lowest BCUT2D eigenvalue weighted by atomic mass is 10.1. The molecule has 2 aromatic carbocycles. The van der Waals surface area contributed by atoms with Gasteiger partial charge in [0.05, 0.1) is 17.7 Å². The molecule has 0 radical (unpaired) electrons. The number of ether oxygens (including phenoxy) is 2. The van der Waals surface area contributed by atoms with Gasteiger partial charge in [-0.1, -0.05) is 29.3 Å². The van der Waals surface area contributed by atoms with Crippen LogP contribution in [0.1, 0.15) is 17.3 Å².